The molecule has 0 aliphatic carbocycles. The van der Waals surface area contributed by atoms with Crippen LogP contribution in [0.4, 0.5) is 4.39 Å². The number of carbonyl (C=O) groups is 1. The van der Waals surface area contributed by atoms with Crippen molar-refractivity contribution in [3.63, 3.8) is 0 Å². The molecule has 25 heavy (non-hydrogen) atoms. The zero-order chi connectivity index (χ0) is 17.8. The van der Waals surface area contributed by atoms with Crippen LogP contribution < -0.4 is 10.4 Å². The number of fused-ring (bicyclic) bond motifs is 1. The second-order valence-corrected chi connectivity index (χ2v) is 5.41. The molecule has 0 unspecified atom stereocenters. The number of rotatable bonds is 4. The van der Waals surface area contributed by atoms with Crippen LogP contribution in [0.15, 0.2) is 63.8 Å². The van der Waals surface area contributed by atoms with Crippen molar-refractivity contribution in [3.05, 3.63) is 82.0 Å². The lowest BCUT2D eigenvalue weighted by atomic mass is 10.1. The summed E-state index contributed by atoms with van der Waals surface area (Å²) in [6, 6.07) is 12.2. The molecule has 0 radical (unpaired) electrons. The third-order valence-electron chi connectivity index (χ3n) is 3.66. The van der Waals surface area contributed by atoms with Crippen molar-refractivity contribution in [1.29, 1.82) is 0 Å². The number of esters is 1. The molecule has 0 amide bonds. The quantitative estimate of drug-likeness (QED) is 0.311. The van der Waals surface area contributed by atoms with E-state index in [-0.39, 0.29) is 11.6 Å². The van der Waals surface area contributed by atoms with Gasteiger partial charge in [-0.25, -0.2) is 14.0 Å². The van der Waals surface area contributed by atoms with Crippen molar-refractivity contribution in [1.82, 2.24) is 0 Å². The minimum atomic E-state index is -0.613. The van der Waals surface area contributed by atoms with E-state index in [1.165, 1.54) is 36.4 Å². The van der Waals surface area contributed by atoms with Gasteiger partial charge in [-0.05, 0) is 47.9 Å². The van der Waals surface area contributed by atoms with Gasteiger partial charge in [-0.1, -0.05) is 19.1 Å². The highest BCUT2D eigenvalue weighted by atomic mass is 19.1. The zero-order valence-corrected chi connectivity index (χ0v) is 13.5. The Morgan fingerprint density at radius 1 is 1.20 bits per heavy atom. The van der Waals surface area contributed by atoms with Crippen LogP contribution in [0.3, 0.4) is 0 Å². The fourth-order valence-electron chi connectivity index (χ4n) is 2.49. The van der Waals surface area contributed by atoms with Crippen molar-refractivity contribution < 1.29 is 18.3 Å². The SMILES string of the molecule is CCc1cc(=O)oc2cc(OC(=O)/C=C/c3cccc(F)c3)ccc12. The van der Waals surface area contributed by atoms with E-state index in [0.29, 0.717) is 17.6 Å². The van der Waals surface area contributed by atoms with Gasteiger partial charge in [0.15, 0.2) is 0 Å². The zero-order valence-electron chi connectivity index (χ0n) is 13.5. The van der Waals surface area contributed by atoms with Crippen molar-refractivity contribution in [2.75, 3.05) is 0 Å². The molecule has 5 heteroatoms. The van der Waals surface area contributed by atoms with Crippen molar-refractivity contribution >= 4 is 23.0 Å². The molecular formula is C20H15FO4. The van der Waals surface area contributed by atoms with Gasteiger partial charge in [-0.2, -0.15) is 0 Å². The summed E-state index contributed by atoms with van der Waals surface area (Å²) in [5, 5.41) is 0.803. The van der Waals surface area contributed by atoms with E-state index in [1.807, 2.05) is 6.92 Å². The third-order valence-corrected chi connectivity index (χ3v) is 3.66. The molecule has 0 saturated carbocycles. The highest BCUT2D eigenvalue weighted by Crippen LogP contribution is 2.23. The van der Waals surface area contributed by atoms with Gasteiger partial charge in [0.05, 0.1) is 0 Å². The van der Waals surface area contributed by atoms with E-state index >= 15 is 0 Å². The summed E-state index contributed by atoms with van der Waals surface area (Å²) >= 11 is 0. The first-order valence-electron chi connectivity index (χ1n) is 7.77. The number of benzene rings is 2. The summed E-state index contributed by atoms with van der Waals surface area (Å²) in [4.78, 5) is 23.5. The molecule has 0 N–H and O–H groups in total. The van der Waals surface area contributed by atoms with Crippen molar-refractivity contribution in [3.8, 4) is 5.75 Å². The largest absolute Gasteiger partial charge is 0.423 e. The summed E-state index contributed by atoms with van der Waals surface area (Å²) in [7, 11) is 0. The minimum absolute atomic E-state index is 0.262. The van der Waals surface area contributed by atoms with Gasteiger partial charge in [0, 0.05) is 23.6 Å². The Bertz CT molecular complexity index is 1020. The molecular weight excluding hydrogens is 323 g/mol. The van der Waals surface area contributed by atoms with E-state index < -0.39 is 11.6 Å². The van der Waals surface area contributed by atoms with Crippen LogP contribution in [0.25, 0.3) is 17.0 Å². The van der Waals surface area contributed by atoms with Gasteiger partial charge in [-0.3, -0.25) is 0 Å². The lowest BCUT2D eigenvalue weighted by molar-refractivity contribution is -0.128. The van der Waals surface area contributed by atoms with Crippen LogP contribution in [0.5, 0.6) is 5.75 Å². The van der Waals surface area contributed by atoms with Crippen LogP contribution in [-0.4, -0.2) is 5.97 Å². The Morgan fingerprint density at radius 2 is 2.04 bits per heavy atom. The van der Waals surface area contributed by atoms with Crippen LogP contribution in [0.1, 0.15) is 18.1 Å². The van der Waals surface area contributed by atoms with E-state index in [2.05, 4.69) is 0 Å². The van der Waals surface area contributed by atoms with Gasteiger partial charge in [0.25, 0.3) is 0 Å². The van der Waals surface area contributed by atoms with Crippen molar-refractivity contribution in [2.45, 2.75) is 13.3 Å². The molecule has 1 aromatic heterocycles. The van der Waals surface area contributed by atoms with Crippen molar-refractivity contribution in [2.24, 2.45) is 0 Å². The Hall–Kier alpha value is -3.21. The summed E-state index contributed by atoms with van der Waals surface area (Å²) in [5.74, 6) is -0.734. The normalized spacial score (nSPS) is 11.1. The first-order valence-corrected chi connectivity index (χ1v) is 7.77. The van der Waals surface area contributed by atoms with Crippen LogP contribution in [0, 0.1) is 5.82 Å². The fraction of sp³-hybridized carbons (Fsp3) is 0.100. The molecule has 0 fully saturated rings. The van der Waals surface area contributed by atoms with Crippen LogP contribution in [0.2, 0.25) is 0 Å². The highest BCUT2D eigenvalue weighted by Gasteiger charge is 2.07. The molecule has 0 saturated heterocycles. The summed E-state index contributed by atoms with van der Waals surface area (Å²) < 4.78 is 23.5. The first kappa shape index (κ1) is 16.6. The molecule has 3 aromatic rings. The molecule has 126 valence electrons. The monoisotopic (exact) mass is 338 g/mol. The highest BCUT2D eigenvalue weighted by molar-refractivity contribution is 5.89. The number of carbonyl (C=O) groups excluding carboxylic acids is 1. The van der Waals surface area contributed by atoms with Gasteiger partial charge >= 0.3 is 11.6 Å². The molecule has 0 atom stereocenters. The summed E-state index contributed by atoms with van der Waals surface area (Å²) in [5.41, 5.74) is 1.34. The molecule has 4 nitrogen and oxygen atoms in total. The average Bonchev–Trinajstić information content (AvgIpc) is 2.59. The van der Waals surface area contributed by atoms with Gasteiger partial charge in [0.2, 0.25) is 0 Å². The second kappa shape index (κ2) is 7.13. The molecule has 0 aliphatic rings. The molecule has 2 aromatic carbocycles. The fourth-order valence-corrected chi connectivity index (χ4v) is 2.49. The van der Waals surface area contributed by atoms with E-state index in [9.17, 15) is 14.0 Å². The number of halogens is 1. The molecule has 3 rings (SSSR count). The Morgan fingerprint density at radius 3 is 2.80 bits per heavy atom. The van der Waals surface area contributed by atoms with Gasteiger partial charge in [-0.15, -0.1) is 0 Å². The minimum Gasteiger partial charge on any atom is -0.423 e. The van der Waals surface area contributed by atoms with Gasteiger partial charge in [0.1, 0.15) is 17.1 Å². The maximum Gasteiger partial charge on any atom is 0.336 e. The maximum atomic E-state index is 13.1. The maximum absolute atomic E-state index is 13.1. The number of hydrogen-bond donors (Lipinski definition) is 0. The van der Waals surface area contributed by atoms with E-state index in [0.717, 1.165) is 10.9 Å². The van der Waals surface area contributed by atoms with Crippen LogP contribution >= 0.6 is 0 Å². The second-order valence-electron chi connectivity index (χ2n) is 5.41. The first-order chi connectivity index (χ1) is 12.0. The standard InChI is InChI=1S/C20H15FO4/c1-2-14-11-20(23)25-18-12-16(7-8-17(14)18)24-19(22)9-6-13-4-3-5-15(21)10-13/h3-12H,2H2,1H3/b9-6+. The molecule has 0 bridgehead atoms. The van der Waals surface area contributed by atoms with E-state index in [1.54, 1.807) is 24.3 Å². The summed E-state index contributed by atoms with van der Waals surface area (Å²) in [6.45, 7) is 1.94. The van der Waals surface area contributed by atoms with Gasteiger partial charge < -0.3 is 9.15 Å². The number of aryl methyl sites for hydroxylation is 1. The summed E-state index contributed by atoms with van der Waals surface area (Å²) in [6.07, 6.45) is 3.36. The lowest BCUT2D eigenvalue weighted by Crippen LogP contribution is -2.04. The number of hydrogen-bond acceptors (Lipinski definition) is 4. The third kappa shape index (κ3) is 4.01. The Labute approximate surface area is 143 Å². The molecule has 0 aliphatic heterocycles. The van der Waals surface area contributed by atoms with E-state index in [4.69, 9.17) is 9.15 Å². The molecule has 0 spiro atoms. The Kier molecular flexibility index (Phi) is 4.75. The lowest BCUT2D eigenvalue weighted by Gasteiger charge is -2.05. The average molecular weight is 338 g/mol. The Balaban J connectivity index is 1.80. The van der Waals surface area contributed by atoms with Crippen LogP contribution in [-0.2, 0) is 11.2 Å². The topological polar surface area (TPSA) is 56.5 Å². The predicted octanol–water partition coefficient (Wildman–Crippen LogP) is 4.11. The number of ether oxygens (including phenoxy) is 1. The predicted molar refractivity (Wildman–Crippen MR) is 92.9 cm³/mol. The smallest absolute Gasteiger partial charge is 0.336 e. The molecule has 1 heterocycles.